The van der Waals surface area contributed by atoms with E-state index in [9.17, 15) is 14.4 Å². The third-order valence-corrected chi connectivity index (χ3v) is 3.25. The summed E-state index contributed by atoms with van der Waals surface area (Å²) >= 11 is 3.17. The van der Waals surface area contributed by atoms with E-state index in [2.05, 4.69) is 20.9 Å². The fraction of sp³-hybridized carbons (Fsp3) is 0.400. The number of fused-ring (bicyclic) bond motifs is 1. The van der Waals surface area contributed by atoms with E-state index in [1.165, 1.54) is 12.1 Å². The van der Waals surface area contributed by atoms with Crippen LogP contribution in [0.3, 0.4) is 0 Å². The lowest BCUT2D eigenvalue weighted by Crippen LogP contribution is -2.29. The Balaban J connectivity index is 2.71. The molecule has 124 valence electrons. The number of aromatic amines is 1. The van der Waals surface area contributed by atoms with Crippen LogP contribution in [0.25, 0.3) is 11.0 Å². The molecule has 8 heteroatoms. The number of nitrogens with one attached hydrogen (secondary N) is 1. The lowest BCUT2D eigenvalue weighted by Gasteiger charge is -2.20. The Kier molecular flexibility index (Phi) is 4.65. The summed E-state index contributed by atoms with van der Waals surface area (Å²) in [5.41, 5.74) is -0.992. The van der Waals surface area contributed by atoms with Crippen LogP contribution in [0, 0.1) is 0 Å². The van der Waals surface area contributed by atoms with E-state index in [-0.39, 0.29) is 28.8 Å². The summed E-state index contributed by atoms with van der Waals surface area (Å²) in [4.78, 5) is 39.5. The minimum absolute atomic E-state index is 0.0671. The van der Waals surface area contributed by atoms with Gasteiger partial charge < -0.3 is 14.5 Å². The molecule has 2 rings (SSSR count). The molecule has 2 heterocycles. The molecule has 23 heavy (non-hydrogen) atoms. The van der Waals surface area contributed by atoms with Crippen LogP contribution in [0.4, 0.5) is 4.79 Å². The number of aromatic nitrogens is 2. The number of rotatable bonds is 2. The van der Waals surface area contributed by atoms with Crippen LogP contribution in [0.1, 0.15) is 38.2 Å². The molecule has 0 aliphatic rings. The van der Waals surface area contributed by atoms with Gasteiger partial charge in [-0.15, -0.1) is 0 Å². The minimum Gasteiger partial charge on any atom is -0.461 e. The molecule has 0 spiro atoms. The molecule has 0 amide bonds. The van der Waals surface area contributed by atoms with Gasteiger partial charge in [-0.3, -0.25) is 4.79 Å². The second kappa shape index (κ2) is 6.19. The number of hydrogen-bond acceptors (Lipinski definition) is 5. The van der Waals surface area contributed by atoms with E-state index >= 15 is 0 Å². The van der Waals surface area contributed by atoms with Gasteiger partial charge in [0.25, 0.3) is 0 Å². The van der Waals surface area contributed by atoms with Gasteiger partial charge in [-0.25, -0.2) is 14.2 Å². The minimum atomic E-state index is -0.774. The topological polar surface area (TPSA) is 90.4 Å². The summed E-state index contributed by atoms with van der Waals surface area (Å²) < 4.78 is 11.7. The van der Waals surface area contributed by atoms with E-state index in [0.717, 1.165) is 4.57 Å². The Morgan fingerprint density at radius 1 is 1.30 bits per heavy atom. The van der Waals surface area contributed by atoms with Gasteiger partial charge in [-0.2, -0.15) is 0 Å². The molecule has 2 aromatic rings. The largest absolute Gasteiger partial charge is 0.461 e. The van der Waals surface area contributed by atoms with Gasteiger partial charge in [0.1, 0.15) is 16.9 Å². The second-order valence-electron chi connectivity index (χ2n) is 5.81. The van der Waals surface area contributed by atoms with Crippen LogP contribution in [0.5, 0.6) is 0 Å². The molecule has 0 radical (unpaired) electrons. The van der Waals surface area contributed by atoms with Crippen LogP contribution >= 0.6 is 15.9 Å². The zero-order valence-electron chi connectivity index (χ0n) is 13.2. The van der Waals surface area contributed by atoms with Crippen molar-refractivity contribution < 1.29 is 19.1 Å². The van der Waals surface area contributed by atoms with Crippen molar-refractivity contribution in [3.05, 3.63) is 32.7 Å². The van der Waals surface area contributed by atoms with Crippen LogP contribution in [0.2, 0.25) is 0 Å². The van der Waals surface area contributed by atoms with Gasteiger partial charge in [-0.1, -0.05) is 0 Å². The van der Waals surface area contributed by atoms with Crippen LogP contribution in [-0.4, -0.2) is 33.8 Å². The normalized spacial score (nSPS) is 11.5. The maximum Gasteiger partial charge on any atom is 0.420 e. The highest BCUT2D eigenvalue weighted by Gasteiger charge is 2.27. The average Bonchev–Trinajstić information content (AvgIpc) is 2.76. The van der Waals surface area contributed by atoms with Crippen molar-refractivity contribution in [1.82, 2.24) is 9.55 Å². The molecule has 2 aromatic heterocycles. The summed E-state index contributed by atoms with van der Waals surface area (Å²) in [5.74, 6) is -0.710. The molecule has 0 unspecified atom stereocenters. The summed E-state index contributed by atoms with van der Waals surface area (Å²) in [7, 11) is 0. The first-order chi connectivity index (χ1) is 10.6. The van der Waals surface area contributed by atoms with Gasteiger partial charge in [0.05, 0.1) is 16.6 Å². The molecular weight excluding hydrogens is 368 g/mol. The van der Waals surface area contributed by atoms with Gasteiger partial charge in [0, 0.05) is 6.07 Å². The molecule has 7 nitrogen and oxygen atoms in total. The van der Waals surface area contributed by atoms with E-state index in [1.807, 2.05) is 0 Å². The predicted octanol–water partition coefficient (Wildman–Crippen LogP) is 3.05. The summed E-state index contributed by atoms with van der Waals surface area (Å²) in [6.07, 6.45) is -0.774. The number of pyridine rings is 1. The molecule has 0 bridgehead atoms. The highest BCUT2D eigenvalue weighted by atomic mass is 79.9. The number of carbonyl (C=O) groups is 2. The smallest absolute Gasteiger partial charge is 0.420 e. The molecule has 0 saturated carbocycles. The summed E-state index contributed by atoms with van der Waals surface area (Å²) in [6, 6.07) is 2.64. The molecule has 1 N–H and O–H groups in total. The first kappa shape index (κ1) is 17.3. The number of H-pyrrole nitrogens is 1. The van der Waals surface area contributed by atoms with Crippen molar-refractivity contribution >= 4 is 39.0 Å². The van der Waals surface area contributed by atoms with E-state index in [0.29, 0.717) is 4.60 Å². The van der Waals surface area contributed by atoms with Crippen molar-refractivity contribution in [3.8, 4) is 0 Å². The van der Waals surface area contributed by atoms with Gasteiger partial charge in [-0.05, 0) is 49.7 Å². The van der Waals surface area contributed by atoms with Crippen LogP contribution in [0.15, 0.2) is 21.5 Å². The molecule has 0 aliphatic heterocycles. The molecule has 0 fully saturated rings. The van der Waals surface area contributed by atoms with E-state index in [1.54, 1.807) is 27.7 Å². The third kappa shape index (κ3) is 3.64. The maximum absolute atomic E-state index is 12.5. The average molecular weight is 385 g/mol. The zero-order valence-corrected chi connectivity index (χ0v) is 14.8. The SMILES string of the molecule is CCOC(=O)c1cc2c(=O)cc(Br)[nH]c2n1C(=O)OC(C)(C)C. The highest BCUT2D eigenvalue weighted by Crippen LogP contribution is 2.20. The molecule has 0 aliphatic carbocycles. The second-order valence-corrected chi connectivity index (χ2v) is 6.66. The Morgan fingerprint density at radius 3 is 2.52 bits per heavy atom. The Hall–Kier alpha value is -2.09. The quantitative estimate of drug-likeness (QED) is 0.634. The van der Waals surface area contributed by atoms with Crippen LogP contribution in [-0.2, 0) is 9.47 Å². The first-order valence-electron chi connectivity index (χ1n) is 6.99. The molecule has 0 aromatic carbocycles. The molecular formula is C15H17BrN2O5. The summed E-state index contributed by atoms with van der Waals surface area (Å²) in [5, 5.41) is 0.196. The molecule has 0 saturated heterocycles. The number of esters is 1. The lowest BCUT2D eigenvalue weighted by molar-refractivity contribution is 0.0453. The predicted molar refractivity (Wildman–Crippen MR) is 87.8 cm³/mol. The Morgan fingerprint density at radius 2 is 1.96 bits per heavy atom. The van der Waals surface area contributed by atoms with Gasteiger partial charge >= 0.3 is 12.1 Å². The number of carbonyl (C=O) groups excluding carboxylic acids is 2. The number of hydrogen-bond donors (Lipinski definition) is 1. The Labute approximate surface area is 140 Å². The van der Waals surface area contributed by atoms with Crippen molar-refractivity contribution in [2.45, 2.75) is 33.3 Å². The number of halogens is 1. The van der Waals surface area contributed by atoms with E-state index < -0.39 is 17.7 Å². The Bertz CT molecular complexity index is 829. The lowest BCUT2D eigenvalue weighted by atomic mass is 10.2. The van der Waals surface area contributed by atoms with E-state index in [4.69, 9.17) is 9.47 Å². The van der Waals surface area contributed by atoms with Crippen molar-refractivity contribution in [1.29, 1.82) is 0 Å². The number of nitrogens with zero attached hydrogens (tertiary/aromatic N) is 1. The van der Waals surface area contributed by atoms with Crippen molar-refractivity contribution in [2.75, 3.05) is 6.61 Å². The summed E-state index contributed by atoms with van der Waals surface area (Å²) in [6.45, 7) is 6.92. The highest BCUT2D eigenvalue weighted by molar-refractivity contribution is 9.10. The zero-order chi connectivity index (χ0) is 17.4. The maximum atomic E-state index is 12.5. The fourth-order valence-corrected chi connectivity index (χ4v) is 2.41. The van der Waals surface area contributed by atoms with Gasteiger partial charge in [0.15, 0.2) is 5.43 Å². The monoisotopic (exact) mass is 384 g/mol. The van der Waals surface area contributed by atoms with Crippen LogP contribution < -0.4 is 5.43 Å². The van der Waals surface area contributed by atoms with Crippen molar-refractivity contribution in [3.63, 3.8) is 0 Å². The standard InChI is InChI=1S/C15H17BrN2O5/c1-5-22-13(20)9-6-8-10(19)7-11(16)17-12(8)18(9)14(21)23-15(2,3)4/h6-7H,5H2,1-4H3,(H,17,19). The fourth-order valence-electron chi connectivity index (χ4n) is 2.02. The van der Waals surface area contributed by atoms with Gasteiger partial charge in [0.2, 0.25) is 0 Å². The van der Waals surface area contributed by atoms with Crippen molar-refractivity contribution in [2.24, 2.45) is 0 Å². The number of ether oxygens (including phenoxy) is 2. The molecule has 0 atom stereocenters. The third-order valence-electron chi connectivity index (χ3n) is 2.82. The first-order valence-corrected chi connectivity index (χ1v) is 7.78.